The molecule has 3 aromatic heterocycles. The molecular weight excluding hydrogens is 556 g/mol. The Morgan fingerprint density at radius 1 is 1.05 bits per heavy atom. The summed E-state index contributed by atoms with van der Waals surface area (Å²) in [5.41, 5.74) is 5.46. The lowest BCUT2D eigenvalue weighted by molar-refractivity contribution is -0.162. The number of esters is 1. The van der Waals surface area contributed by atoms with Crippen molar-refractivity contribution in [3.8, 4) is 21.7 Å². The average Bonchev–Trinajstić information content (AvgIpc) is 3.48. The van der Waals surface area contributed by atoms with E-state index in [4.69, 9.17) is 26.1 Å². The molecule has 0 aliphatic heterocycles. The Balaban J connectivity index is 1.71. The first kappa shape index (κ1) is 29.2. The van der Waals surface area contributed by atoms with Gasteiger partial charge in [-0.2, -0.15) is 5.10 Å². The molecule has 5 rings (SSSR count). The number of nitrogens with zero attached hydrogens (tertiary/aromatic N) is 4. The first-order valence-corrected chi connectivity index (χ1v) is 14.7. The molecule has 0 bridgehead atoms. The van der Waals surface area contributed by atoms with Crippen LogP contribution in [0.25, 0.3) is 42.9 Å². The second-order valence-electron chi connectivity index (χ2n) is 12.3. The van der Waals surface area contributed by atoms with Crippen LogP contribution in [0.3, 0.4) is 0 Å². The van der Waals surface area contributed by atoms with Crippen LogP contribution in [-0.2, 0) is 21.3 Å². The SMILES string of the molecule is Cc1cc2nc(-c3cnc4c(cnn4C)c3)sc2c(-c2ccc(Cl)cc2)c1C(COC(=O)C(C)(C)C)OC(C)(C)C. The van der Waals surface area contributed by atoms with Crippen LogP contribution in [0.2, 0.25) is 5.02 Å². The van der Waals surface area contributed by atoms with Crippen molar-refractivity contribution < 1.29 is 14.3 Å². The molecule has 0 aliphatic rings. The zero-order valence-electron chi connectivity index (χ0n) is 24.7. The topological polar surface area (TPSA) is 79.1 Å². The van der Waals surface area contributed by atoms with Gasteiger partial charge in [0.15, 0.2) is 5.65 Å². The summed E-state index contributed by atoms with van der Waals surface area (Å²) in [6, 6.07) is 12.0. The van der Waals surface area contributed by atoms with E-state index in [0.717, 1.165) is 54.1 Å². The number of halogens is 1. The highest BCUT2D eigenvalue weighted by Gasteiger charge is 2.31. The predicted octanol–water partition coefficient (Wildman–Crippen LogP) is 8.32. The highest BCUT2D eigenvalue weighted by molar-refractivity contribution is 7.22. The fourth-order valence-electron chi connectivity index (χ4n) is 4.78. The van der Waals surface area contributed by atoms with Crippen molar-refractivity contribution in [1.29, 1.82) is 0 Å². The van der Waals surface area contributed by atoms with Gasteiger partial charge in [0.2, 0.25) is 0 Å². The monoisotopic (exact) mass is 590 g/mol. The van der Waals surface area contributed by atoms with Gasteiger partial charge in [-0.15, -0.1) is 11.3 Å². The van der Waals surface area contributed by atoms with Gasteiger partial charge >= 0.3 is 5.97 Å². The maximum Gasteiger partial charge on any atom is 0.311 e. The van der Waals surface area contributed by atoms with Gasteiger partial charge in [-0.3, -0.25) is 9.48 Å². The maximum absolute atomic E-state index is 12.8. The lowest BCUT2D eigenvalue weighted by Gasteiger charge is -2.31. The molecule has 2 aromatic carbocycles. The first-order chi connectivity index (χ1) is 19.2. The van der Waals surface area contributed by atoms with Gasteiger partial charge in [0.1, 0.15) is 17.7 Å². The molecule has 7 nitrogen and oxygen atoms in total. The number of ether oxygens (including phenoxy) is 2. The van der Waals surface area contributed by atoms with Crippen LogP contribution < -0.4 is 0 Å². The smallest absolute Gasteiger partial charge is 0.311 e. The van der Waals surface area contributed by atoms with Crippen molar-refractivity contribution in [2.45, 2.75) is 60.2 Å². The van der Waals surface area contributed by atoms with E-state index < -0.39 is 17.1 Å². The number of hydrogen-bond acceptors (Lipinski definition) is 7. The van der Waals surface area contributed by atoms with Gasteiger partial charge < -0.3 is 9.47 Å². The van der Waals surface area contributed by atoms with Gasteiger partial charge in [-0.1, -0.05) is 23.7 Å². The fraction of sp³-hybridized carbons (Fsp3) is 0.375. The van der Waals surface area contributed by atoms with E-state index in [2.05, 4.69) is 29.1 Å². The van der Waals surface area contributed by atoms with E-state index in [1.807, 2.05) is 85.2 Å². The normalized spacial score (nSPS) is 13.2. The van der Waals surface area contributed by atoms with E-state index in [0.29, 0.717) is 5.02 Å². The molecule has 3 heterocycles. The molecular formula is C32H35ClN4O3S. The third-order valence-electron chi connectivity index (χ3n) is 6.68. The van der Waals surface area contributed by atoms with Gasteiger partial charge in [0, 0.05) is 34.8 Å². The number of thiazole rings is 1. The van der Waals surface area contributed by atoms with E-state index in [-0.39, 0.29) is 12.6 Å². The fourth-order valence-corrected chi connectivity index (χ4v) is 6.02. The molecule has 9 heteroatoms. The minimum Gasteiger partial charge on any atom is -0.462 e. The van der Waals surface area contributed by atoms with Crippen molar-refractivity contribution in [3.05, 3.63) is 64.9 Å². The molecule has 41 heavy (non-hydrogen) atoms. The zero-order chi connectivity index (χ0) is 29.7. The Morgan fingerprint density at radius 3 is 2.41 bits per heavy atom. The molecule has 0 radical (unpaired) electrons. The van der Waals surface area contributed by atoms with E-state index in [1.165, 1.54) is 0 Å². The van der Waals surface area contributed by atoms with E-state index >= 15 is 0 Å². The number of benzene rings is 2. The van der Waals surface area contributed by atoms with Crippen LogP contribution in [0, 0.1) is 12.3 Å². The lowest BCUT2D eigenvalue weighted by atomic mass is 9.91. The van der Waals surface area contributed by atoms with Crippen molar-refractivity contribution in [3.63, 3.8) is 0 Å². The van der Waals surface area contributed by atoms with Gasteiger partial charge in [-0.25, -0.2) is 9.97 Å². The number of hydrogen-bond donors (Lipinski definition) is 0. The molecule has 5 aromatic rings. The van der Waals surface area contributed by atoms with Crippen molar-refractivity contribution in [2.24, 2.45) is 12.5 Å². The standard InChI is InChI=1S/C32H35ClN4O3S/c1-18-13-23-27(41-29(36-23)21-14-20-16-35-37(8)28(20)34-15-21)26(19-9-11-22(33)12-10-19)25(18)24(40-32(5,6)7)17-39-30(38)31(2,3)4/h9-16,24H,17H2,1-8H3. The second-order valence-corrected chi connectivity index (χ2v) is 13.8. The lowest BCUT2D eigenvalue weighted by Crippen LogP contribution is -2.30. The molecule has 0 aliphatic carbocycles. The molecule has 1 unspecified atom stereocenters. The predicted molar refractivity (Wildman–Crippen MR) is 166 cm³/mol. The first-order valence-electron chi connectivity index (χ1n) is 13.5. The molecule has 0 saturated carbocycles. The number of aryl methyl sites for hydroxylation is 2. The Hall–Kier alpha value is -3.33. The van der Waals surface area contributed by atoms with Gasteiger partial charge in [-0.05, 0) is 89.4 Å². The minimum atomic E-state index is -0.625. The average molecular weight is 591 g/mol. The van der Waals surface area contributed by atoms with Gasteiger partial charge in [0.25, 0.3) is 0 Å². The van der Waals surface area contributed by atoms with Crippen LogP contribution in [0.5, 0.6) is 0 Å². The number of rotatable bonds is 6. The highest BCUT2D eigenvalue weighted by Crippen LogP contribution is 2.44. The van der Waals surface area contributed by atoms with Crippen LogP contribution in [0.4, 0.5) is 0 Å². The van der Waals surface area contributed by atoms with E-state index in [9.17, 15) is 4.79 Å². The molecule has 1 atom stereocenters. The summed E-state index contributed by atoms with van der Waals surface area (Å²) in [6.45, 7) is 13.7. The van der Waals surface area contributed by atoms with Crippen LogP contribution in [0.1, 0.15) is 58.8 Å². The number of carbonyl (C=O) groups excluding carboxylic acids is 1. The maximum atomic E-state index is 12.8. The number of pyridine rings is 1. The zero-order valence-corrected chi connectivity index (χ0v) is 26.3. The van der Waals surface area contributed by atoms with Crippen LogP contribution in [-0.4, -0.2) is 37.9 Å². The summed E-state index contributed by atoms with van der Waals surface area (Å²) >= 11 is 7.90. The molecule has 0 amide bonds. The minimum absolute atomic E-state index is 0.0908. The summed E-state index contributed by atoms with van der Waals surface area (Å²) in [6.07, 6.45) is 3.15. The van der Waals surface area contributed by atoms with Crippen molar-refractivity contribution in [2.75, 3.05) is 6.61 Å². The summed E-state index contributed by atoms with van der Waals surface area (Å²) in [5.74, 6) is -0.273. The van der Waals surface area contributed by atoms with Crippen molar-refractivity contribution >= 4 is 50.2 Å². The molecule has 214 valence electrons. The molecule has 0 fully saturated rings. The summed E-state index contributed by atoms with van der Waals surface area (Å²) in [4.78, 5) is 22.5. The quantitative estimate of drug-likeness (QED) is 0.185. The third kappa shape index (κ3) is 6.15. The Kier molecular flexibility index (Phi) is 7.70. The Morgan fingerprint density at radius 2 is 1.76 bits per heavy atom. The van der Waals surface area contributed by atoms with Gasteiger partial charge in [0.05, 0.1) is 27.4 Å². The largest absolute Gasteiger partial charge is 0.462 e. The summed E-state index contributed by atoms with van der Waals surface area (Å²) in [5, 5.41) is 6.80. The Labute approximate surface area is 249 Å². The Bertz CT molecular complexity index is 1740. The number of fused-ring (bicyclic) bond motifs is 2. The number of carbonyl (C=O) groups is 1. The van der Waals surface area contributed by atoms with Crippen LogP contribution >= 0.6 is 22.9 Å². The summed E-state index contributed by atoms with van der Waals surface area (Å²) in [7, 11) is 1.88. The van der Waals surface area contributed by atoms with Crippen LogP contribution in [0.15, 0.2) is 48.8 Å². The second kappa shape index (κ2) is 10.8. The summed E-state index contributed by atoms with van der Waals surface area (Å²) < 4.78 is 15.2. The molecule has 0 saturated heterocycles. The highest BCUT2D eigenvalue weighted by atomic mass is 35.5. The third-order valence-corrected chi connectivity index (χ3v) is 8.07. The number of aromatic nitrogens is 4. The molecule has 0 N–H and O–H groups in total. The molecule has 0 spiro atoms. The van der Waals surface area contributed by atoms with E-state index in [1.54, 1.807) is 16.0 Å². The van der Waals surface area contributed by atoms with Crippen molar-refractivity contribution in [1.82, 2.24) is 19.7 Å².